The zero-order chi connectivity index (χ0) is 17.5. The van der Waals surface area contributed by atoms with Crippen molar-refractivity contribution in [3.05, 3.63) is 44.7 Å². The summed E-state index contributed by atoms with van der Waals surface area (Å²) < 4.78 is 0. The number of aromatic hydroxyl groups is 1. The third kappa shape index (κ3) is 2.61. The molecule has 0 amide bonds. The number of aryl methyl sites for hydroxylation is 2. The second kappa shape index (κ2) is 5.48. The van der Waals surface area contributed by atoms with Gasteiger partial charge in [0.25, 0.3) is 5.56 Å². The fraction of sp³-hybridized carbons (Fsp3) is 0.133. The van der Waals surface area contributed by atoms with E-state index in [1.54, 1.807) is 13.8 Å². The summed E-state index contributed by atoms with van der Waals surface area (Å²) in [6, 6.07) is 2.80. The van der Waals surface area contributed by atoms with Gasteiger partial charge in [-0.05, 0) is 42.7 Å². The van der Waals surface area contributed by atoms with Crippen molar-refractivity contribution in [3.8, 4) is 16.9 Å². The minimum absolute atomic E-state index is 0.000289. The molecule has 8 nitrogen and oxygen atoms in total. The first-order valence-electron chi connectivity index (χ1n) is 6.48. The minimum Gasteiger partial charge on any atom is -0.507 e. The lowest BCUT2D eigenvalue weighted by molar-refractivity contribution is 0.0695. The van der Waals surface area contributed by atoms with Crippen LogP contribution in [0.3, 0.4) is 0 Å². The number of benzene rings is 1. The van der Waals surface area contributed by atoms with E-state index in [2.05, 4.69) is 0 Å². The first kappa shape index (κ1) is 16.1. The molecule has 6 N–H and O–H groups in total. The number of nitrogens with two attached hydrogens (primary N) is 1. The summed E-state index contributed by atoms with van der Waals surface area (Å²) in [4.78, 5) is 36.9. The van der Waals surface area contributed by atoms with Gasteiger partial charge in [-0.3, -0.25) is 4.79 Å². The molecule has 8 heteroatoms. The van der Waals surface area contributed by atoms with Crippen molar-refractivity contribution in [1.29, 1.82) is 0 Å². The topological polar surface area (TPSA) is 154 Å². The molecular weight excluding hydrogens is 304 g/mol. The summed E-state index contributed by atoms with van der Waals surface area (Å²) in [5.41, 5.74) is 4.02. The van der Waals surface area contributed by atoms with Crippen molar-refractivity contribution < 1.29 is 24.9 Å². The first-order valence-corrected chi connectivity index (χ1v) is 6.48. The number of aromatic nitrogens is 1. The van der Waals surface area contributed by atoms with Crippen LogP contribution in [-0.2, 0) is 0 Å². The Hall–Kier alpha value is -3.29. The van der Waals surface area contributed by atoms with Crippen LogP contribution in [0.5, 0.6) is 5.75 Å². The van der Waals surface area contributed by atoms with Gasteiger partial charge in [0.15, 0.2) is 0 Å². The number of aromatic carboxylic acids is 2. The van der Waals surface area contributed by atoms with E-state index in [0.717, 1.165) is 0 Å². The minimum atomic E-state index is -1.58. The number of pyridine rings is 1. The fourth-order valence-electron chi connectivity index (χ4n) is 2.44. The van der Waals surface area contributed by atoms with Gasteiger partial charge in [0, 0.05) is 5.56 Å². The Bertz CT molecular complexity index is 875. The van der Waals surface area contributed by atoms with Gasteiger partial charge in [-0.2, -0.15) is 0 Å². The standard InChI is InChI=1S/C15H14N2O6/c1-5-3-7(4-6(2)11(5)18)8-9(14(20)21)12(16)17-13(19)10(8)15(22)23/h3-4,18H,1-2H3,(H,20,21)(H,22,23)(H3,16,17,19). The number of hydrogen-bond donors (Lipinski definition) is 5. The molecule has 0 spiro atoms. The number of H-pyrrole nitrogens is 1. The number of anilines is 1. The molecule has 0 aliphatic rings. The molecule has 0 unspecified atom stereocenters. The molecule has 0 radical (unpaired) electrons. The van der Waals surface area contributed by atoms with Gasteiger partial charge >= 0.3 is 11.9 Å². The molecule has 1 aromatic heterocycles. The Kier molecular flexibility index (Phi) is 3.84. The van der Waals surface area contributed by atoms with E-state index in [4.69, 9.17) is 5.73 Å². The number of aromatic amines is 1. The van der Waals surface area contributed by atoms with Crippen LogP contribution in [0.2, 0.25) is 0 Å². The molecule has 0 fully saturated rings. The number of carboxylic acids is 2. The van der Waals surface area contributed by atoms with Crippen molar-refractivity contribution in [2.24, 2.45) is 0 Å². The number of hydrogen-bond acceptors (Lipinski definition) is 5. The highest BCUT2D eigenvalue weighted by atomic mass is 16.4. The third-order valence-corrected chi connectivity index (χ3v) is 3.45. The van der Waals surface area contributed by atoms with Crippen molar-refractivity contribution >= 4 is 17.8 Å². The lowest BCUT2D eigenvalue weighted by Crippen LogP contribution is -2.24. The number of nitrogen functional groups attached to an aromatic ring is 1. The zero-order valence-corrected chi connectivity index (χ0v) is 12.3. The predicted molar refractivity (Wildman–Crippen MR) is 82.0 cm³/mol. The molecule has 23 heavy (non-hydrogen) atoms. The number of rotatable bonds is 3. The second-order valence-corrected chi connectivity index (χ2v) is 5.06. The number of carboxylic acid groups (broad SMARTS) is 2. The Morgan fingerprint density at radius 1 is 1.04 bits per heavy atom. The van der Waals surface area contributed by atoms with Gasteiger partial charge < -0.3 is 26.0 Å². The number of carbonyl (C=O) groups is 2. The molecule has 2 aromatic rings. The smallest absolute Gasteiger partial charge is 0.342 e. The molecule has 0 bridgehead atoms. The summed E-state index contributed by atoms with van der Waals surface area (Å²) in [7, 11) is 0. The van der Waals surface area contributed by atoms with E-state index in [0.29, 0.717) is 11.1 Å². The predicted octanol–water partition coefficient (Wildman–Crippen LogP) is 1.34. The molecule has 0 saturated heterocycles. The molecule has 1 aromatic carbocycles. The summed E-state index contributed by atoms with van der Waals surface area (Å²) >= 11 is 0. The van der Waals surface area contributed by atoms with E-state index in [1.807, 2.05) is 4.98 Å². The van der Waals surface area contributed by atoms with Crippen molar-refractivity contribution in [3.63, 3.8) is 0 Å². The van der Waals surface area contributed by atoms with E-state index in [9.17, 15) is 29.7 Å². The second-order valence-electron chi connectivity index (χ2n) is 5.06. The van der Waals surface area contributed by atoms with Crippen LogP contribution in [0, 0.1) is 13.8 Å². The summed E-state index contributed by atoms with van der Waals surface area (Å²) in [5.74, 6) is -3.49. The molecule has 0 aliphatic carbocycles. The Morgan fingerprint density at radius 3 is 1.96 bits per heavy atom. The molecule has 120 valence electrons. The van der Waals surface area contributed by atoms with Crippen LogP contribution in [-0.4, -0.2) is 32.2 Å². The Balaban J connectivity index is 3.03. The van der Waals surface area contributed by atoms with E-state index in [-0.39, 0.29) is 16.9 Å². The zero-order valence-electron chi connectivity index (χ0n) is 12.3. The van der Waals surface area contributed by atoms with Crippen LogP contribution < -0.4 is 11.3 Å². The average molecular weight is 318 g/mol. The molecule has 0 aliphatic heterocycles. The van der Waals surface area contributed by atoms with Crippen LogP contribution in [0.1, 0.15) is 31.8 Å². The Labute approximate surface area is 129 Å². The highest BCUT2D eigenvalue weighted by molar-refractivity contribution is 6.07. The van der Waals surface area contributed by atoms with Gasteiger partial charge in [0.2, 0.25) is 0 Å². The normalized spacial score (nSPS) is 10.5. The van der Waals surface area contributed by atoms with E-state index >= 15 is 0 Å². The summed E-state index contributed by atoms with van der Waals surface area (Å²) in [6.45, 7) is 3.15. The molecular formula is C15H14N2O6. The van der Waals surface area contributed by atoms with Crippen molar-refractivity contribution in [2.75, 3.05) is 5.73 Å². The highest BCUT2D eigenvalue weighted by Crippen LogP contribution is 2.33. The first-order chi connectivity index (χ1) is 10.6. The number of nitrogens with one attached hydrogen (secondary N) is 1. The summed E-state index contributed by atoms with van der Waals surface area (Å²) in [5, 5.41) is 28.5. The van der Waals surface area contributed by atoms with Gasteiger partial charge in [0.05, 0.1) is 0 Å². The quantitative estimate of drug-likeness (QED) is 0.572. The highest BCUT2D eigenvalue weighted by Gasteiger charge is 2.27. The maximum atomic E-state index is 11.9. The van der Waals surface area contributed by atoms with Gasteiger partial charge in [-0.1, -0.05) is 0 Å². The van der Waals surface area contributed by atoms with Crippen LogP contribution in [0.25, 0.3) is 11.1 Å². The van der Waals surface area contributed by atoms with Crippen LogP contribution in [0.4, 0.5) is 5.82 Å². The lowest BCUT2D eigenvalue weighted by Gasteiger charge is -2.14. The number of phenols is 1. The molecule has 2 rings (SSSR count). The third-order valence-electron chi connectivity index (χ3n) is 3.45. The van der Waals surface area contributed by atoms with E-state index in [1.165, 1.54) is 12.1 Å². The van der Waals surface area contributed by atoms with Gasteiger partial charge in [-0.25, -0.2) is 9.59 Å². The van der Waals surface area contributed by atoms with Crippen LogP contribution in [0.15, 0.2) is 16.9 Å². The van der Waals surface area contributed by atoms with Gasteiger partial charge in [0.1, 0.15) is 22.7 Å². The largest absolute Gasteiger partial charge is 0.507 e. The number of phenolic OH excluding ortho intramolecular Hbond substituents is 1. The molecule has 0 saturated carbocycles. The van der Waals surface area contributed by atoms with Gasteiger partial charge in [-0.15, -0.1) is 0 Å². The van der Waals surface area contributed by atoms with Crippen molar-refractivity contribution in [1.82, 2.24) is 4.98 Å². The fourth-order valence-corrected chi connectivity index (χ4v) is 2.44. The average Bonchev–Trinajstić information content (AvgIpc) is 2.42. The maximum absolute atomic E-state index is 11.9. The SMILES string of the molecule is Cc1cc(-c2c(C(=O)O)c(N)[nH]c(=O)c2C(=O)O)cc(C)c1O. The van der Waals surface area contributed by atoms with Crippen molar-refractivity contribution in [2.45, 2.75) is 13.8 Å². The summed E-state index contributed by atoms with van der Waals surface area (Å²) in [6.07, 6.45) is 0. The van der Waals surface area contributed by atoms with Crippen LogP contribution >= 0.6 is 0 Å². The lowest BCUT2D eigenvalue weighted by atomic mass is 9.92. The van der Waals surface area contributed by atoms with E-state index < -0.39 is 34.4 Å². The maximum Gasteiger partial charge on any atom is 0.342 e. The molecule has 0 atom stereocenters. The molecule has 1 heterocycles. The Morgan fingerprint density at radius 2 is 1.52 bits per heavy atom. The monoisotopic (exact) mass is 318 g/mol.